The van der Waals surface area contributed by atoms with Gasteiger partial charge in [0.1, 0.15) is 18.3 Å². The summed E-state index contributed by atoms with van der Waals surface area (Å²) in [6.07, 6.45) is -4.72. The molecule has 0 fully saturated rings. The average Bonchev–Trinajstić information content (AvgIpc) is 2.69. The van der Waals surface area contributed by atoms with E-state index in [4.69, 9.17) is 5.11 Å². The smallest absolute Gasteiger partial charge is 0.371 e. The molecule has 1 aromatic rings. The van der Waals surface area contributed by atoms with Crippen LogP contribution in [0.3, 0.4) is 0 Å². The van der Waals surface area contributed by atoms with Crippen molar-refractivity contribution in [2.75, 3.05) is 19.1 Å². The van der Waals surface area contributed by atoms with Gasteiger partial charge in [-0.25, -0.2) is 9.78 Å². The summed E-state index contributed by atoms with van der Waals surface area (Å²) in [6.45, 7) is 2.71. The predicted molar refractivity (Wildman–Crippen MR) is 105 cm³/mol. The van der Waals surface area contributed by atoms with Gasteiger partial charge in [0, 0.05) is 7.05 Å². The summed E-state index contributed by atoms with van der Waals surface area (Å²) in [4.78, 5) is 33.2. The lowest BCUT2D eigenvalue weighted by molar-refractivity contribution is -0.0802. The maximum atomic E-state index is 12.7. The number of aromatic nitrogens is 4. The number of nitrogens with zero attached hydrogens (tertiary/aromatic N) is 4. The summed E-state index contributed by atoms with van der Waals surface area (Å²) in [7, 11) is 1.40. The molecule has 0 aromatic heterocycles. The number of aliphatic hydroxyl groups is 4. The highest BCUT2D eigenvalue weighted by atomic mass is 16.4. The summed E-state index contributed by atoms with van der Waals surface area (Å²) in [5.74, 6) is -0.0630. The van der Waals surface area contributed by atoms with Gasteiger partial charge in [0.15, 0.2) is 11.5 Å². The molecule has 29 heavy (non-hydrogen) atoms. The average molecular weight is 405 g/mol. The van der Waals surface area contributed by atoms with E-state index in [1.165, 1.54) is 11.6 Å². The number of aliphatic hydroxyl groups excluding tert-OH is 4. The fraction of sp³-hybridized carbons (Fsp3) is 0.444. The van der Waals surface area contributed by atoms with Gasteiger partial charge in [-0.05, 0) is 37.1 Å². The number of hydrogen-bond donors (Lipinski definition) is 5. The van der Waals surface area contributed by atoms with Crippen LogP contribution in [-0.2, 0) is 6.54 Å². The third-order valence-corrected chi connectivity index (χ3v) is 4.95. The van der Waals surface area contributed by atoms with Gasteiger partial charge in [0.05, 0.1) is 24.2 Å². The number of rotatable bonds is 6. The zero-order chi connectivity index (χ0) is 21.5. The van der Waals surface area contributed by atoms with E-state index < -0.39 is 36.2 Å². The van der Waals surface area contributed by atoms with Crippen molar-refractivity contribution in [2.24, 2.45) is 0 Å². The van der Waals surface area contributed by atoms with Crippen LogP contribution in [0.15, 0.2) is 21.7 Å². The zero-order valence-electron chi connectivity index (χ0n) is 16.2. The molecular formula is C18H23N5O6. The normalized spacial score (nSPS) is 14.9. The van der Waals surface area contributed by atoms with Crippen LogP contribution in [0.1, 0.15) is 11.1 Å². The fourth-order valence-electron chi connectivity index (χ4n) is 3.14. The zero-order valence-corrected chi connectivity index (χ0v) is 16.2. The Bertz CT molecular complexity index is 1140. The van der Waals surface area contributed by atoms with E-state index >= 15 is 0 Å². The molecular weight excluding hydrogens is 382 g/mol. The first kappa shape index (κ1) is 20.9. The Labute approximate surface area is 164 Å². The molecule has 11 heteroatoms. The maximum Gasteiger partial charge on any atom is 0.371 e. The van der Waals surface area contributed by atoms with Crippen LogP contribution in [0.25, 0.3) is 22.6 Å². The van der Waals surface area contributed by atoms with Crippen molar-refractivity contribution in [3.63, 3.8) is 0 Å². The molecule has 0 bridgehead atoms. The SMILES string of the molecule is CNn1c(=O)nc2n(CC(O)C(O)C(O)CO)c3cc(C)c(C)cc3nc-2c1=O. The first-order valence-electron chi connectivity index (χ1n) is 8.97. The summed E-state index contributed by atoms with van der Waals surface area (Å²) < 4.78 is 2.12. The summed E-state index contributed by atoms with van der Waals surface area (Å²) in [5, 5.41) is 39.1. The van der Waals surface area contributed by atoms with Crippen LogP contribution >= 0.6 is 0 Å². The minimum absolute atomic E-state index is 0.0630. The van der Waals surface area contributed by atoms with Gasteiger partial charge in [-0.2, -0.15) is 9.66 Å². The lowest BCUT2D eigenvalue weighted by Gasteiger charge is -2.25. The van der Waals surface area contributed by atoms with E-state index in [2.05, 4.69) is 15.4 Å². The molecule has 0 spiro atoms. The van der Waals surface area contributed by atoms with E-state index in [-0.39, 0.29) is 18.1 Å². The third-order valence-electron chi connectivity index (χ3n) is 4.95. The molecule has 2 heterocycles. The van der Waals surface area contributed by atoms with Crippen molar-refractivity contribution in [3.8, 4) is 11.5 Å². The molecule has 0 radical (unpaired) electrons. The quantitative estimate of drug-likeness (QED) is 0.290. The molecule has 11 nitrogen and oxygen atoms in total. The molecule has 0 saturated heterocycles. The predicted octanol–water partition coefficient (Wildman–Crippen LogP) is -2.08. The molecule has 0 amide bonds. The minimum Gasteiger partial charge on any atom is -0.394 e. The Morgan fingerprint density at radius 3 is 2.34 bits per heavy atom. The number of fused-ring (bicyclic) bond motifs is 2. The Kier molecular flexibility index (Phi) is 5.66. The molecule has 156 valence electrons. The van der Waals surface area contributed by atoms with Crippen LogP contribution in [0, 0.1) is 13.8 Å². The molecule has 3 unspecified atom stereocenters. The van der Waals surface area contributed by atoms with Crippen molar-refractivity contribution in [1.82, 2.24) is 19.2 Å². The van der Waals surface area contributed by atoms with Gasteiger partial charge in [0.2, 0.25) is 0 Å². The van der Waals surface area contributed by atoms with Crippen molar-refractivity contribution >= 4 is 11.0 Å². The van der Waals surface area contributed by atoms with Crippen LogP contribution in [0.2, 0.25) is 0 Å². The monoisotopic (exact) mass is 405 g/mol. The van der Waals surface area contributed by atoms with Crippen molar-refractivity contribution in [1.29, 1.82) is 0 Å². The van der Waals surface area contributed by atoms with Crippen molar-refractivity contribution < 1.29 is 20.4 Å². The lowest BCUT2D eigenvalue weighted by atomic mass is 10.1. The molecule has 2 aliphatic rings. The molecule has 3 rings (SSSR count). The highest BCUT2D eigenvalue weighted by Crippen LogP contribution is 2.24. The number of nitrogens with one attached hydrogen (secondary N) is 1. The highest BCUT2D eigenvalue weighted by Gasteiger charge is 2.28. The van der Waals surface area contributed by atoms with E-state index in [1.54, 1.807) is 12.1 Å². The van der Waals surface area contributed by atoms with E-state index in [0.717, 1.165) is 11.1 Å². The Morgan fingerprint density at radius 1 is 1.07 bits per heavy atom. The van der Waals surface area contributed by atoms with Gasteiger partial charge < -0.3 is 30.4 Å². The fourth-order valence-corrected chi connectivity index (χ4v) is 3.14. The van der Waals surface area contributed by atoms with E-state index in [9.17, 15) is 24.9 Å². The molecule has 3 atom stereocenters. The molecule has 5 N–H and O–H groups in total. The van der Waals surface area contributed by atoms with E-state index in [1.807, 2.05) is 13.8 Å². The highest BCUT2D eigenvalue weighted by molar-refractivity contribution is 5.81. The summed E-state index contributed by atoms with van der Waals surface area (Å²) >= 11 is 0. The van der Waals surface area contributed by atoms with Crippen molar-refractivity contribution in [2.45, 2.75) is 38.7 Å². The second kappa shape index (κ2) is 7.87. The Morgan fingerprint density at radius 2 is 1.72 bits per heavy atom. The van der Waals surface area contributed by atoms with Crippen LogP contribution in [-0.4, -0.2) is 71.6 Å². The topological polar surface area (TPSA) is 163 Å². The second-order valence-electron chi connectivity index (χ2n) is 6.89. The summed E-state index contributed by atoms with van der Waals surface area (Å²) in [6, 6.07) is 3.54. The van der Waals surface area contributed by atoms with Crippen LogP contribution in [0.5, 0.6) is 0 Å². The molecule has 2 aliphatic heterocycles. The van der Waals surface area contributed by atoms with Gasteiger partial charge in [-0.1, -0.05) is 0 Å². The molecule has 0 aliphatic carbocycles. The summed E-state index contributed by atoms with van der Waals surface area (Å²) in [5.41, 5.74) is 3.55. The van der Waals surface area contributed by atoms with Crippen LogP contribution in [0.4, 0.5) is 0 Å². The number of aryl methyl sites for hydroxylation is 2. The van der Waals surface area contributed by atoms with Crippen LogP contribution < -0.4 is 16.7 Å². The standard InChI is InChI=1S/C18H23N5O6/c1-8-4-10-11(5-9(8)2)22(6-12(25)15(27)13(26)7-24)16-14(20-10)17(28)23(19-3)18(29)21-16/h4-5,12-13,15,19,24-27H,6-7H2,1-3H3. The first-order valence-corrected chi connectivity index (χ1v) is 8.97. The number of benzene rings is 1. The largest absolute Gasteiger partial charge is 0.394 e. The first-order chi connectivity index (χ1) is 13.7. The molecule has 1 aromatic carbocycles. The van der Waals surface area contributed by atoms with Gasteiger partial charge in [0.25, 0.3) is 0 Å². The second-order valence-corrected chi connectivity index (χ2v) is 6.89. The lowest BCUT2D eigenvalue weighted by Crippen LogP contribution is -2.44. The van der Waals surface area contributed by atoms with Gasteiger partial charge >= 0.3 is 11.2 Å². The Hall–Kier alpha value is -2.86. The third kappa shape index (κ3) is 3.60. The van der Waals surface area contributed by atoms with Crippen molar-refractivity contribution in [3.05, 3.63) is 44.1 Å². The molecule has 0 saturated carbocycles. The van der Waals surface area contributed by atoms with E-state index in [0.29, 0.717) is 15.7 Å². The maximum absolute atomic E-state index is 12.7. The minimum atomic E-state index is -1.65. The van der Waals surface area contributed by atoms with Gasteiger partial charge in [-0.15, -0.1) is 0 Å². The Balaban J connectivity index is 2.33. The number of hydrogen-bond acceptors (Lipinski definition) is 9. The van der Waals surface area contributed by atoms with Gasteiger partial charge in [-0.3, -0.25) is 4.79 Å².